The molecule has 39 heavy (non-hydrogen) atoms. The van der Waals surface area contributed by atoms with Crippen LogP contribution in [0.15, 0.2) is 95.5 Å². The van der Waals surface area contributed by atoms with E-state index in [9.17, 15) is 5.26 Å². The minimum absolute atomic E-state index is 0.261. The number of benzene rings is 4. The molecule has 4 aromatic carbocycles. The summed E-state index contributed by atoms with van der Waals surface area (Å²) in [5.74, 6) is -4.36. The van der Waals surface area contributed by atoms with Crippen molar-refractivity contribution < 1.29 is 23.0 Å². The minimum Gasteiger partial charge on any atom is -0.454 e. The summed E-state index contributed by atoms with van der Waals surface area (Å²) in [4.78, 5) is 0. The first-order valence-corrected chi connectivity index (χ1v) is 12.4. The summed E-state index contributed by atoms with van der Waals surface area (Å²) in [6.07, 6.45) is 0.987. The topological polar surface area (TPSA) is 40.8 Å². The van der Waals surface area contributed by atoms with Crippen molar-refractivity contribution in [3.8, 4) is 39.6 Å². The molecule has 2 heterocycles. The quantitative estimate of drug-likeness (QED) is 0.219. The molecule has 0 atom stereocenters. The Morgan fingerprint density at radius 3 is 2.44 bits per heavy atom. The van der Waals surface area contributed by atoms with Gasteiger partial charge < -0.3 is 4.42 Å². The number of nitriles is 1. The average molecular weight is 519 g/mol. The van der Waals surface area contributed by atoms with E-state index in [0.29, 0.717) is 44.2 Å². The molecule has 0 aliphatic rings. The molecule has 190 valence electrons. The van der Waals surface area contributed by atoms with Crippen LogP contribution in [0.5, 0.6) is 0 Å². The van der Waals surface area contributed by atoms with Gasteiger partial charge in [-0.1, -0.05) is 74.4 Å². The summed E-state index contributed by atoms with van der Waals surface area (Å²) in [6, 6.07) is 28.3. The molecule has 6 aromatic rings. The first-order chi connectivity index (χ1) is 21.7. The van der Waals surface area contributed by atoms with Gasteiger partial charge in [0.15, 0.2) is 5.82 Å². The second-order valence-corrected chi connectivity index (χ2v) is 9.60. The smallest absolute Gasteiger partial charge is 0.216 e. The molecular formula is C35H28FN2O+. The Kier molecular flexibility index (Phi) is 4.32. The molecular weight excluding hydrogens is 483 g/mol. The van der Waals surface area contributed by atoms with Crippen molar-refractivity contribution in [3.05, 3.63) is 114 Å². The number of rotatable bonds is 4. The van der Waals surface area contributed by atoms with Gasteiger partial charge in [-0.15, -0.1) is 0 Å². The minimum atomic E-state index is -3.37. The first-order valence-electron chi connectivity index (χ1n) is 15.9. The highest BCUT2D eigenvalue weighted by molar-refractivity contribution is 6.13. The number of furan rings is 1. The summed E-state index contributed by atoms with van der Waals surface area (Å²) in [5.41, 5.74) is 5.48. The van der Waals surface area contributed by atoms with Crippen LogP contribution in [-0.4, -0.2) is 0 Å². The van der Waals surface area contributed by atoms with Crippen LogP contribution in [0.25, 0.3) is 55.4 Å². The van der Waals surface area contributed by atoms with Crippen molar-refractivity contribution in [2.45, 2.75) is 26.5 Å². The Bertz CT molecular complexity index is 2180. The van der Waals surface area contributed by atoms with Crippen molar-refractivity contribution in [1.29, 1.82) is 5.26 Å². The fraction of sp³-hybridized carbons (Fsp3) is 0.143. The summed E-state index contributed by atoms with van der Waals surface area (Å²) in [6.45, 7) is -4.93. The van der Waals surface area contributed by atoms with E-state index >= 15 is 4.39 Å². The standard InChI is InChI=1S/C35H28FN2O/c1-21(2)28-18-32(38(4)20-31(28)36)33-22(3)13-14-27-30-16-23(19-37)15-29(34(30)39-35(27)33)26-12-8-11-25(17-26)24-9-6-5-7-10-24/h5-18,20-21H,1-4H3/q+1/i1D3,2D3,21D. The van der Waals surface area contributed by atoms with E-state index in [2.05, 4.69) is 6.07 Å². The summed E-state index contributed by atoms with van der Waals surface area (Å²) in [5, 5.41) is 11.3. The maximum absolute atomic E-state index is 15.5. The highest BCUT2D eigenvalue weighted by Crippen LogP contribution is 2.42. The van der Waals surface area contributed by atoms with Crippen LogP contribution in [0.2, 0.25) is 0 Å². The summed E-state index contributed by atoms with van der Waals surface area (Å²) in [7, 11) is 1.55. The number of pyridine rings is 1. The molecule has 3 nitrogen and oxygen atoms in total. The summed E-state index contributed by atoms with van der Waals surface area (Å²) < 4.78 is 79.7. The van der Waals surface area contributed by atoms with Crippen LogP contribution >= 0.6 is 0 Å². The molecule has 6 rings (SSSR count). The maximum atomic E-state index is 15.5. The average Bonchev–Trinajstić information content (AvgIpc) is 3.38. The normalized spacial score (nSPS) is 15.0. The van der Waals surface area contributed by atoms with E-state index in [0.717, 1.165) is 29.0 Å². The number of nitrogens with zero attached hydrogens (tertiary/aromatic N) is 2. The number of halogens is 1. The Labute approximate surface area is 237 Å². The molecule has 0 aliphatic carbocycles. The van der Waals surface area contributed by atoms with Gasteiger partial charge in [0.05, 0.1) is 17.2 Å². The van der Waals surface area contributed by atoms with Gasteiger partial charge >= 0.3 is 0 Å². The number of hydrogen-bond donors (Lipinski definition) is 0. The monoisotopic (exact) mass is 518 g/mol. The summed E-state index contributed by atoms with van der Waals surface area (Å²) >= 11 is 0. The van der Waals surface area contributed by atoms with E-state index in [1.54, 1.807) is 26.1 Å². The van der Waals surface area contributed by atoms with E-state index < -0.39 is 31.0 Å². The van der Waals surface area contributed by atoms with Crippen LogP contribution in [0.1, 0.15) is 45.9 Å². The molecule has 4 heteroatoms. The SMILES string of the molecule is [2H]C([2H])([2H])C([2H])(c1cc(-c2c(C)ccc3c2oc2c(-c4cccc(-c5ccccc5)c4)cc(C#N)cc23)[n+](C)cc1F)C([2H])([2H])[2H]. The van der Waals surface area contributed by atoms with Crippen LogP contribution in [0.3, 0.4) is 0 Å². The predicted molar refractivity (Wildman–Crippen MR) is 155 cm³/mol. The zero-order chi connectivity index (χ0) is 33.2. The van der Waals surface area contributed by atoms with E-state index in [-0.39, 0.29) is 5.69 Å². The van der Waals surface area contributed by atoms with E-state index in [1.807, 2.05) is 66.7 Å². The fourth-order valence-corrected chi connectivity index (χ4v) is 5.19. The third-order valence-corrected chi connectivity index (χ3v) is 7.11. The number of aromatic nitrogens is 1. The fourth-order valence-electron chi connectivity index (χ4n) is 5.19. The van der Waals surface area contributed by atoms with Crippen molar-refractivity contribution in [2.75, 3.05) is 0 Å². The van der Waals surface area contributed by atoms with Crippen LogP contribution < -0.4 is 4.57 Å². The highest BCUT2D eigenvalue weighted by Gasteiger charge is 2.25. The lowest BCUT2D eigenvalue weighted by atomic mass is 9.95. The van der Waals surface area contributed by atoms with Gasteiger partial charge in [-0.3, -0.25) is 0 Å². The number of fused-ring (bicyclic) bond motifs is 3. The molecule has 0 spiro atoms. The molecule has 2 aromatic heterocycles. The third kappa shape index (κ3) is 4.17. The first kappa shape index (κ1) is 17.7. The van der Waals surface area contributed by atoms with Crippen LogP contribution in [-0.2, 0) is 7.05 Å². The molecule has 0 N–H and O–H groups in total. The van der Waals surface area contributed by atoms with Gasteiger partial charge in [-0.05, 0) is 53.3 Å². The Hall–Kier alpha value is -4.75. The molecule has 0 saturated carbocycles. The Morgan fingerprint density at radius 2 is 1.67 bits per heavy atom. The number of aryl methyl sites for hydroxylation is 2. The Morgan fingerprint density at radius 1 is 0.897 bits per heavy atom. The van der Waals surface area contributed by atoms with Gasteiger partial charge in [0.2, 0.25) is 11.9 Å². The van der Waals surface area contributed by atoms with Gasteiger partial charge in [0.1, 0.15) is 18.2 Å². The largest absolute Gasteiger partial charge is 0.454 e. The zero-order valence-electron chi connectivity index (χ0n) is 28.3. The number of hydrogen-bond acceptors (Lipinski definition) is 2. The highest BCUT2D eigenvalue weighted by atomic mass is 19.1. The zero-order valence-corrected chi connectivity index (χ0v) is 21.3. The second-order valence-electron chi connectivity index (χ2n) is 9.60. The van der Waals surface area contributed by atoms with Gasteiger partial charge in [-0.25, -0.2) is 4.39 Å². The molecule has 0 bridgehead atoms. The van der Waals surface area contributed by atoms with Gasteiger partial charge in [0.25, 0.3) is 0 Å². The molecule has 0 saturated heterocycles. The lowest BCUT2D eigenvalue weighted by molar-refractivity contribution is -0.662. The van der Waals surface area contributed by atoms with Crippen molar-refractivity contribution >= 4 is 21.9 Å². The Balaban J connectivity index is 1.65. The van der Waals surface area contributed by atoms with E-state index in [4.69, 9.17) is 14.0 Å². The molecule has 0 unspecified atom stereocenters. The lowest BCUT2D eigenvalue weighted by Gasteiger charge is -2.10. The van der Waals surface area contributed by atoms with Gasteiger partial charge in [-0.2, -0.15) is 9.83 Å². The molecule has 0 amide bonds. The predicted octanol–water partition coefficient (Wildman–Crippen LogP) is 8.85. The van der Waals surface area contributed by atoms with Crippen molar-refractivity contribution in [1.82, 2.24) is 0 Å². The van der Waals surface area contributed by atoms with Crippen molar-refractivity contribution in [3.63, 3.8) is 0 Å². The molecule has 0 aliphatic heterocycles. The lowest BCUT2D eigenvalue weighted by Crippen LogP contribution is -2.32. The van der Waals surface area contributed by atoms with Gasteiger partial charge in [0, 0.05) is 37.6 Å². The van der Waals surface area contributed by atoms with Crippen LogP contribution in [0.4, 0.5) is 4.39 Å². The van der Waals surface area contributed by atoms with Crippen LogP contribution in [0, 0.1) is 24.1 Å². The third-order valence-electron chi connectivity index (χ3n) is 7.11. The molecule has 0 fully saturated rings. The van der Waals surface area contributed by atoms with E-state index in [1.165, 1.54) is 4.57 Å². The second kappa shape index (κ2) is 9.53. The van der Waals surface area contributed by atoms with Crippen molar-refractivity contribution in [2.24, 2.45) is 7.05 Å². The maximum Gasteiger partial charge on any atom is 0.216 e. The molecule has 0 radical (unpaired) electrons.